The summed E-state index contributed by atoms with van der Waals surface area (Å²) in [7, 11) is 0. The molecule has 19 heavy (non-hydrogen) atoms. The number of rotatable bonds is 1. The first-order valence-corrected chi connectivity index (χ1v) is 6.28. The maximum Gasteiger partial charge on any atom is 0.268 e. The van der Waals surface area contributed by atoms with E-state index in [1.54, 1.807) is 12.1 Å². The predicted octanol–water partition coefficient (Wildman–Crippen LogP) is 1.97. The molecule has 0 aliphatic rings. The number of anilines is 1. The van der Waals surface area contributed by atoms with E-state index in [2.05, 4.69) is 27.6 Å². The summed E-state index contributed by atoms with van der Waals surface area (Å²) in [5, 5.41) is 18.3. The summed E-state index contributed by atoms with van der Waals surface area (Å²) in [6, 6.07) is 10.9. The molecule has 0 radical (unpaired) electrons. The highest BCUT2D eigenvalue weighted by Gasteiger charge is 2.17. The molecule has 0 bridgehead atoms. The fourth-order valence-corrected chi connectivity index (χ4v) is 2.11. The fraction of sp³-hybridized carbons (Fsp3) is 0. The highest BCUT2D eigenvalue weighted by atomic mass is 127. The molecule has 0 saturated heterocycles. The summed E-state index contributed by atoms with van der Waals surface area (Å²) < 4.78 is 1.01. The molecule has 0 atom stereocenters. The number of nitrogens with one attached hydrogen (secondary N) is 1. The van der Waals surface area contributed by atoms with Crippen LogP contribution in [0.3, 0.4) is 0 Å². The van der Waals surface area contributed by atoms with E-state index in [9.17, 15) is 4.79 Å². The summed E-state index contributed by atoms with van der Waals surface area (Å²) in [5.41, 5.74) is 5.95. The lowest BCUT2D eigenvalue weighted by atomic mass is 9.97. The second kappa shape index (κ2) is 5.12. The molecular formula is C13H7IN4O. The number of aromatic amines is 1. The van der Waals surface area contributed by atoms with Gasteiger partial charge >= 0.3 is 0 Å². The normalized spacial score (nSPS) is 9.63. The topological polar surface area (TPSA) is 106 Å². The fourth-order valence-electron chi connectivity index (χ4n) is 1.75. The van der Waals surface area contributed by atoms with E-state index in [1.807, 2.05) is 24.3 Å². The summed E-state index contributed by atoms with van der Waals surface area (Å²) in [4.78, 5) is 14.0. The van der Waals surface area contributed by atoms with E-state index < -0.39 is 5.56 Å². The Kier molecular flexibility index (Phi) is 3.54. The Morgan fingerprint density at radius 2 is 1.68 bits per heavy atom. The van der Waals surface area contributed by atoms with Crippen LogP contribution in [0.5, 0.6) is 0 Å². The number of nitrogen functional groups attached to an aromatic ring is 1. The first-order chi connectivity index (χ1) is 9.08. The van der Waals surface area contributed by atoms with Crippen molar-refractivity contribution in [1.82, 2.24) is 4.98 Å². The van der Waals surface area contributed by atoms with Crippen molar-refractivity contribution in [3.8, 4) is 23.3 Å². The number of nitrogens with two attached hydrogens (primary N) is 1. The van der Waals surface area contributed by atoms with Crippen molar-refractivity contribution in [2.24, 2.45) is 0 Å². The number of nitrogens with zero attached hydrogens (tertiary/aromatic N) is 2. The van der Waals surface area contributed by atoms with E-state index in [0.29, 0.717) is 5.56 Å². The highest BCUT2D eigenvalue weighted by molar-refractivity contribution is 14.1. The lowest BCUT2D eigenvalue weighted by molar-refractivity contribution is 1.21. The minimum Gasteiger partial charge on any atom is -0.384 e. The Morgan fingerprint density at radius 1 is 1.11 bits per heavy atom. The zero-order valence-corrected chi connectivity index (χ0v) is 11.7. The van der Waals surface area contributed by atoms with Crippen molar-refractivity contribution in [1.29, 1.82) is 10.5 Å². The summed E-state index contributed by atoms with van der Waals surface area (Å²) in [6.07, 6.45) is 0. The van der Waals surface area contributed by atoms with Crippen LogP contribution < -0.4 is 11.3 Å². The SMILES string of the molecule is N#Cc1c(N)[nH]c(=O)c(C#N)c1-c1ccc(I)cc1. The van der Waals surface area contributed by atoms with Gasteiger partial charge in [0.05, 0.1) is 0 Å². The molecule has 0 spiro atoms. The molecule has 2 rings (SSSR count). The van der Waals surface area contributed by atoms with Gasteiger partial charge < -0.3 is 10.7 Å². The Hall–Kier alpha value is -2.32. The zero-order valence-electron chi connectivity index (χ0n) is 9.57. The standard InChI is InChI=1S/C13H7IN4O/c14-8-3-1-7(2-4-8)11-9(5-15)12(17)18-13(19)10(11)6-16/h1-4H,(H3,17,18,19). The van der Waals surface area contributed by atoms with Crippen LogP contribution in [0, 0.1) is 26.2 Å². The molecule has 6 heteroatoms. The van der Waals surface area contributed by atoms with E-state index in [-0.39, 0.29) is 22.5 Å². The van der Waals surface area contributed by atoms with Crippen LogP contribution in [0.25, 0.3) is 11.1 Å². The van der Waals surface area contributed by atoms with Crippen LogP contribution in [0.2, 0.25) is 0 Å². The van der Waals surface area contributed by atoms with E-state index in [4.69, 9.17) is 16.3 Å². The molecule has 92 valence electrons. The molecular weight excluding hydrogens is 355 g/mol. The van der Waals surface area contributed by atoms with E-state index >= 15 is 0 Å². The van der Waals surface area contributed by atoms with Crippen molar-refractivity contribution in [2.45, 2.75) is 0 Å². The average Bonchev–Trinajstić information content (AvgIpc) is 2.39. The average molecular weight is 362 g/mol. The number of H-pyrrole nitrogens is 1. The molecule has 5 nitrogen and oxygen atoms in total. The molecule has 1 aromatic carbocycles. The predicted molar refractivity (Wildman–Crippen MR) is 79.1 cm³/mol. The van der Waals surface area contributed by atoms with Crippen LogP contribution in [-0.4, -0.2) is 4.98 Å². The lowest BCUT2D eigenvalue weighted by Gasteiger charge is -2.08. The molecule has 0 aliphatic heterocycles. The molecule has 1 aromatic heterocycles. The summed E-state index contributed by atoms with van der Waals surface area (Å²) >= 11 is 2.14. The van der Waals surface area contributed by atoms with Gasteiger partial charge in [0.2, 0.25) is 0 Å². The number of nitriles is 2. The quantitative estimate of drug-likeness (QED) is 0.757. The van der Waals surface area contributed by atoms with Gasteiger partial charge in [-0.05, 0) is 40.3 Å². The Balaban J connectivity index is 2.89. The van der Waals surface area contributed by atoms with Gasteiger partial charge in [0.25, 0.3) is 5.56 Å². The Morgan fingerprint density at radius 3 is 2.21 bits per heavy atom. The van der Waals surface area contributed by atoms with Crippen molar-refractivity contribution < 1.29 is 0 Å². The third-order valence-corrected chi connectivity index (χ3v) is 3.32. The number of benzene rings is 1. The van der Waals surface area contributed by atoms with Crippen LogP contribution in [0.15, 0.2) is 29.1 Å². The largest absolute Gasteiger partial charge is 0.384 e. The van der Waals surface area contributed by atoms with Crippen LogP contribution in [0.4, 0.5) is 5.82 Å². The van der Waals surface area contributed by atoms with Gasteiger partial charge in [-0.1, -0.05) is 12.1 Å². The van der Waals surface area contributed by atoms with Gasteiger partial charge in [-0.2, -0.15) is 10.5 Å². The number of halogens is 1. The second-order valence-corrected chi connectivity index (χ2v) is 4.97. The maximum absolute atomic E-state index is 11.7. The molecule has 1 heterocycles. The van der Waals surface area contributed by atoms with Crippen molar-refractivity contribution in [3.05, 3.63) is 49.3 Å². The third-order valence-electron chi connectivity index (χ3n) is 2.60. The number of hydrogen-bond donors (Lipinski definition) is 2. The first kappa shape index (κ1) is 13.1. The lowest BCUT2D eigenvalue weighted by Crippen LogP contribution is -2.16. The highest BCUT2D eigenvalue weighted by Crippen LogP contribution is 2.28. The smallest absolute Gasteiger partial charge is 0.268 e. The minimum atomic E-state index is -0.590. The molecule has 2 aromatic rings. The summed E-state index contributed by atoms with van der Waals surface area (Å²) in [5.74, 6) is -0.0277. The van der Waals surface area contributed by atoms with Crippen LogP contribution >= 0.6 is 22.6 Å². The monoisotopic (exact) mass is 362 g/mol. The van der Waals surface area contributed by atoms with E-state index in [1.165, 1.54) is 0 Å². The van der Waals surface area contributed by atoms with Crippen LogP contribution in [0.1, 0.15) is 11.1 Å². The van der Waals surface area contributed by atoms with Gasteiger partial charge in [-0.25, -0.2) is 0 Å². The Bertz CT molecular complexity index is 779. The van der Waals surface area contributed by atoms with Crippen molar-refractivity contribution in [2.75, 3.05) is 5.73 Å². The maximum atomic E-state index is 11.7. The Labute approximate surface area is 122 Å². The molecule has 0 saturated carbocycles. The van der Waals surface area contributed by atoms with Crippen molar-refractivity contribution in [3.63, 3.8) is 0 Å². The second-order valence-electron chi connectivity index (χ2n) is 3.72. The van der Waals surface area contributed by atoms with Gasteiger partial charge in [-0.3, -0.25) is 4.79 Å². The number of hydrogen-bond acceptors (Lipinski definition) is 4. The number of pyridine rings is 1. The van der Waals surface area contributed by atoms with Crippen molar-refractivity contribution >= 4 is 28.4 Å². The molecule has 0 amide bonds. The molecule has 0 fully saturated rings. The van der Waals surface area contributed by atoms with Gasteiger partial charge in [0, 0.05) is 9.13 Å². The van der Waals surface area contributed by atoms with Crippen LogP contribution in [-0.2, 0) is 0 Å². The van der Waals surface area contributed by atoms with Gasteiger partial charge in [0.1, 0.15) is 29.1 Å². The molecule has 0 unspecified atom stereocenters. The minimum absolute atomic E-state index is 0.0277. The number of aromatic nitrogens is 1. The van der Waals surface area contributed by atoms with Gasteiger partial charge in [-0.15, -0.1) is 0 Å². The van der Waals surface area contributed by atoms with E-state index in [0.717, 1.165) is 3.57 Å². The zero-order chi connectivity index (χ0) is 14.0. The molecule has 3 N–H and O–H groups in total. The van der Waals surface area contributed by atoms with Gasteiger partial charge in [0.15, 0.2) is 0 Å². The third kappa shape index (κ3) is 2.30. The summed E-state index contributed by atoms with van der Waals surface area (Å²) in [6.45, 7) is 0. The first-order valence-electron chi connectivity index (χ1n) is 5.20. The molecule has 0 aliphatic carbocycles.